The molecule has 1 aromatic carbocycles. The fraction of sp³-hybridized carbons (Fsp3) is 0.667. The lowest BCUT2D eigenvalue weighted by atomic mass is 9.75. The van der Waals surface area contributed by atoms with Crippen molar-refractivity contribution in [3.63, 3.8) is 0 Å². The zero-order valence-corrected chi connectivity index (χ0v) is 22.5. The molecule has 1 saturated carbocycles. The van der Waals surface area contributed by atoms with Gasteiger partial charge in [-0.25, -0.2) is 31.8 Å². The van der Waals surface area contributed by atoms with E-state index in [1.807, 2.05) is 0 Å². The van der Waals surface area contributed by atoms with E-state index < -0.39 is 38.3 Å². The zero-order valence-electron chi connectivity index (χ0n) is 21.7. The first-order valence-electron chi connectivity index (χ1n) is 11.8. The Hall–Kier alpha value is -2.28. The molecule has 0 bridgehead atoms. The summed E-state index contributed by atoms with van der Waals surface area (Å²) in [5.74, 6) is -0.765. The summed E-state index contributed by atoms with van der Waals surface area (Å²) >= 11 is 0. The molecule has 2 aliphatic rings. The highest BCUT2D eigenvalue weighted by Crippen LogP contribution is 2.49. The molecule has 3 atom stereocenters. The first-order valence-corrected chi connectivity index (χ1v) is 13.3. The van der Waals surface area contributed by atoms with Crippen LogP contribution in [0.5, 0.6) is 0 Å². The van der Waals surface area contributed by atoms with Crippen molar-refractivity contribution >= 4 is 22.1 Å². The van der Waals surface area contributed by atoms with Crippen LogP contribution in [-0.2, 0) is 34.5 Å². The molecule has 36 heavy (non-hydrogen) atoms. The van der Waals surface area contributed by atoms with Gasteiger partial charge in [0.15, 0.2) is 0 Å². The number of rotatable bonds is 7. The van der Waals surface area contributed by atoms with Crippen LogP contribution in [0, 0.1) is 5.82 Å². The SMILES string of the molecule is COCCOCN(C(=O)OC(C)(C)C)C1=NC2(c3ccccc3F)CCC(OC)CC2S(=O)(=O)N1C. The smallest absolute Gasteiger partial charge is 0.419 e. The maximum atomic E-state index is 15.2. The molecule has 1 aliphatic carbocycles. The molecule has 3 unspecified atom stereocenters. The third-order valence-corrected chi connectivity index (χ3v) is 8.59. The van der Waals surface area contributed by atoms with Crippen LogP contribution in [-0.4, -0.2) is 87.8 Å². The average molecular weight is 530 g/mol. The van der Waals surface area contributed by atoms with E-state index in [9.17, 15) is 13.2 Å². The van der Waals surface area contributed by atoms with Gasteiger partial charge in [-0.3, -0.25) is 0 Å². The summed E-state index contributed by atoms with van der Waals surface area (Å²) in [7, 11) is 0.246. The van der Waals surface area contributed by atoms with E-state index in [1.54, 1.807) is 32.9 Å². The summed E-state index contributed by atoms with van der Waals surface area (Å²) in [6.45, 7) is 5.16. The van der Waals surface area contributed by atoms with Gasteiger partial charge in [0.05, 0.1) is 19.3 Å². The number of halogens is 1. The van der Waals surface area contributed by atoms with Crippen molar-refractivity contribution in [1.29, 1.82) is 0 Å². The predicted molar refractivity (Wildman–Crippen MR) is 131 cm³/mol. The number of guanidine groups is 1. The molecule has 3 rings (SSSR count). The second-order valence-electron chi connectivity index (χ2n) is 9.89. The Morgan fingerprint density at radius 3 is 2.56 bits per heavy atom. The Balaban J connectivity index is 2.19. The van der Waals surface area contributed by atoms with E-state index >= 15 is 4.39 Å². The van der Waals surface area contributed by atoms with Gasteiger partial charge in [-0.05, 0) is 46.1 Å². The summed E-state index contributed by atoms with van der Waals surface area (Å²) in [4.78, 5) is 19.1. The van der Waals surface area contributed by atoms with Gasteiger partial charge in [0, 0.05) is 26.8 Å². The summed E-state index contributed by atoms with van der Waals surface area (Å²) in [5, 5.41) is -1.09. The Kier molecular flexibility index (Phi) is 8.64. The third-order valence-electron chi connectivity index (χ3n) is 6.36. The topological polar surface area (TPSA) is 107 Å². The summed E-state index contributed by atoms with van der Waals surface area (Å²) in [5.41, 5.74) is -2.17. The third kappa shape index (κ3) is 5.66. The Labute approximate surface area is 212 Å². The van der Waals surface area contributed by atoms with Crippen LogP contribution in [0.1, 0.15) is 45.6 Å². The number of nitrogens with zero attached hydrogens (tertiary/aromatic N) is 3. The van der Waals surface area contributed by atoms with Gasteiger partial charge >= 0.3 is 6.09 Å². The number of methoxy groups -OCH3 is 2. The minimum atomic E-state index is -4.11. The molecule has 0 spiro atoms. The minimum absolute atomic E-state index is 0.130. The van der Waals surface area contributed by atoms with Gasteiger partial charge in [-0.1, -0.05) is 18.2 Å². The molecule has 0 aromatic heterocycles. The molecule has 1 aromatic rings. The highest BCUT2D eigenvalue weighted by molar-refractivity contribution is 7.90. The van der Waals surface area contributed by atoms with Gasteiger partial charge < -0.3 is 18.9 Å². The van der Waals surface area contributed by atoms with Crippen LogP contribution in [0.4, 0.5) is 9.18 Å². The molecule has 202 valence electrons. The highest BCUT2D eigenvalue weighted by Gasteiger charge is 2.58. The lowest BCUT2D eigenvalue weighted by molar-refractivity contribution is -0.00493. The standard InChI is InChI=1S/C24H36FN3O7S/c1-23(2,3)35-22(29)28(16-34-14-13-32-5)21-26-24(18-9-7-8-10-19(18)25)12-11-17(33-6)15-20(24)36(30,31)27(21)4/h7-10,17,20H,11-16H2,1-6H3. The summed E-state index contributed by atoms with van der Waals surface area (Å²) in [6.07, 6.45) is -0.359. The van der Waals surface area contributed by atoms with Gasteiger partial charge in [0.1, 0.15) is 28.9 Å². The number of hydrogen-bond donors (Lipinski definition) is 0. The van der Waals surface area contributed by atoms with E-state index in [1.165, 1.54) is 33.4 Å². The number of ether oxygens (including phenoxy) is 4. The molecule has 1 aliphatic heterocycles. The van der Waals surface area contributed by atoms with Crippen LogP contribution < -0.4 is 0 Å². The molecule has 10 nitrogen and oxygen atoms in total. The Morgan fingerprint density at radius 2 is 1.94 bits per heavy atom. The van der Waals surface area contributed by atoms with Crippen molar-refractivity contribution in [1.82, 2.24) is 9.21 Å². The largest absolute Gasteiger partial charge is 0.443 e. The number of fused-ring (bicyclic) bond motifs is 1. The number of hydrogen-bond acceptors (Lipinski definition) is 8. The Morgan fingerprint density at radius 1 is 1.25 bits per heavy atom. The maximum Gasteiger partial charge on any atom is 0.419 e. The molecule has 0 radical (unpaired) electrons. The second-order valence-corrected chi connectivity index (χ2v) is 12.0. The number of aliphatic imine (C=N–C) groups is 1. The van der Waals surface area contributed by atoms with Crippen LogP contribution in [0.3, 0.4) is 0 Å². The maximum absolute atomic E-state index is 15.2. The van der Waals surface area contributed by atoms with Crippen molar-refractivity contribution in [3.8, 4) is 0 Å². The van der Waals surface area contributed by atoms with Crippen LogP contribution in [0.25, 0.3) is 0 Å². The lowest BCUT2D eigenvalue weighted by Crippen LogP contribution is -2.62. The molecular formula is C24H36FN3O7S. The number of benzene rings is 1. The molecule has 0 N–H and O–H groups in total. The van der Waals surface area contributed by atoms with Crippen molar-refractivity contribution < 1.29 is 36.6 Å². The predicted octanol–water partition coefficient (Wildman–Crippen LogP) is 3.08. The molecule has 1 fully saturated rings. The number of carbonyl (C=O) groups excluding carboxylic acids is 1. The van der Waals surface area contributed by atoms with Gasteiger partial charge in [-0.2, -0.15) is 0 Å². The molecule has 0 saturated heterocycles. The normalized spacial score (nSPS) is 25.6. The van der Waals surface area contributed by atoms with Gasteiger partial charge in [-0.15, -0.1) is 0 Å². The van der Waals surface area contributed by atoms with Crippen molar-refractivity contribution in [3.05, 3.63) is 35.6 Å². The Bertz CT molecular complexity index is 1080. The van der Waals surface area contributed by atoms with Gasteiger partial charge in [0.25, 0.3) is 0 Å². The molecule has 12 heteroatoms. The van der Waals surface area contributed by atoms with E-state index in [0.717, 1.165) is 9.21 Å². The monoisotopic (exact) mass is 529 g/mol. The number of sulfonamides is 1. The highest BCUT2D eigenvalue weighted by atomic mass is 32.2. The van der Waals surface area contributed by atoms with Crippen LogP contribution in [0.2, 0.25) is 0 Å². The fourth-order valence-electron chi connectivity index (χ4n) is 4.58. The van der Waals surface area contributed by atoms with Gasteiger partial charge in [0.2, 0.25) is 16.0 Å². The van der Waals surface area contributed by atoms with Crippen molar-refractivity contribution in [2.75, 3.05) is 41.2 Å². The van der Waals surface area contributed by atoms with Crippen LogP contribution in [0.15, 0.2) is 29.3 Å². The minimum Gasteiger partial charge on any atom is -0.443 e. The van der Waals surface area contributed by atoms with E-state index in [-0.39, 0.29) is 50.4 Å². The fourth-order valence-corrected chi connectivity index (χ4v) is 6.57. The lowest BCUT2D eigenvalue weighted by Gasteiger charge is -2.49. The van der Waals surface area contributed by atoms with Crippen molar-refractivity contribution in [2.24, 2.45) is 4.99 Å². The first kappa shape index (κ1) is 28.3. The van der Waals surface area contributed by atoms with E-state index in [4.69, 9.17) is 23.9 Å². The average Bonchev–Trinajstić information content (AvgIpc) is 2.81. The zero-order chi connectivity index (χ0) is 26.7. The quantitative estimate of drug-likeness (QED) is 0.395. The first-order chi connectivity index (χ1) is 16.9. The molecule has 1 heterocycles. The van der Waals surface area contributed by atoms with Crippen molar-refractivity contribution in [2.45, 2.75) is 62.5 Å². The second kappa shape index (κ2) is 11.0. The summed E-state index contributed by atoms with van der Waals surface area (Å²) in [6, 6.07) is 6.01. The van der Waals surface area contributed by atoms with Crippen LogP contribution >= 0.6 is 0 Å². The number of carbonyl (C=O) groups is 1. The summed E-state index contributed by atoms with van der Waals surface area (Å²) < 4.78 is 65.6. The van der Waals surface area contributed by atoms with E-state index in [2.05, 4.69) is 0 Å². The number of amides is 1. The van der Waals surface area contributed by atoms with E-state index in [0.29, 0.717) is 6.42 Å². The molecule has 1 amide bonds. The molecular weight excluding hydrogens is 493 g/mol.